The van der Waals surface area contributed by atoms with E-state index in [0.717, 1.165) is 24.7 Å². The standard InChI is InChI=1S/C17H20N2/c1-13-5-4-10-19-17(13)12-18-11-15-6-2-3-7-16(15)14-8-9-14/h2-7,10,14,18H,8-9,11-12H2,1H3. The lowest BCUT2D eigenvalue weighted by molar-refractivity contribution is 0.671. The van der Waals surface area contributed by atoms with Gasteiger partial charge in [-0.05, 0) is 48.4 Å². The molecule has 0 bridgehead atoms. The topological polar surface area (TPSA) is 24.9 Å². The highest BCUT2D eigenvalue weighted by atomic mass is 14.9. The fourth-order valence-corrected chi connectivity index (χ4v) is 2.51. The van der Waals surface area contributed by atoms with E-state index in [2.05, 4.69) is 47.6 Å². The second kappa shape index (κ2) is 5.54. The van der Waals surface area contributed by atoms with Crippen LogP contribution in [0.2, 0.25) is 0 Å². The number of hydrogen-bond acceptors (Lipinski definition) is 2. The van der Waals surface area contributed by atoms with E-state index in [1.165, 1.54) is 29.5 Å². The van der Waals surface area contributed by atoms with Crippen molar-refractivity contribution in [2.75, 3.05) is 0 Å². The number of hydrogen-bond donors (Lipinski definition) is 1. The maximum Gasteiger partial charge on any atom is 0.0570 e. The second-order valence-corrected chi connectivity index (χ2v) is 5.34. The summed E-state index contributed by atoms with van der Waals surface area (Å²) in [5.41, 5.74) is 5.38. The molecule has 0 radical (unpaired) electrons. The summed E-state index contributed by atoms with van der Waals surface area (Å²) in [5.74, 6) is 0.814. The van der Waals surface area contributed by atoms with Gasteiger partial charge in [0.1, 0.15) is 0 Å². The molecular formula is C17H20N2. The van der Waals surface area contributed by atoms with Crippen molar-refractivity contribution in [3.05, 3.63) is 65.0 Å². The van der Waals surface area contributed by atoms with Gasteiger partial charge in [-0.15, -0.1) is 0 Å². The number of nitrogens with zero attached hydrogens (tertiary/aromatic N) is 1. The van der Waals surface area contributed by atoms with Crippen molar-refractivity contribution in [1.29, 1.82) is 0 Å². The highest BCUT2D eigenvalue weighted by molar-refractivity contribution is 5.33. The molecule has 2 aromatic rings. The Balaban J connectivity index is 1.62. The van der Waals surface area contributed by atoms with Gasteiger partial charge in [0.15, 0.2) is 0 Å². The third-order valence-corrected chi connectivity index (χ3v) is 3.80. The van der Waals surface area contributed by atoms with Crippen LogP contribution in [0.3, 0.4) is 0 Å². The van der Waals surface area contributed by atoms with Gasteiger partial charge in [0.05, 0.1) is 5.69 Å². The zero-order valence-electron chi connectivity index (χ0n) is 11.4. The first-order valence-electron chi connectivity index (χ1n) is 7.03. The van der Waals surface area contributed by atoms with Crippen LogP contribution in [-0.2, 0) is 13.1 Å². The lowest BCUT2D eigenvalue weighted by Gasteiger charge is -2.10. The summed E-state index contributed by atoms with van der Waals surface area (Å²) in [5, 5.41) is 3.52. The molecule has 1 aromatic carbocycles. The summed E-state index contributed by atoms with van der Waals surface area (Å²) in [6, 6.07) is 12.9. The van der Waals surface area contributed by atoms with Gasteiger partial charge in [-0.25, -0.2) is 0 Å². The summed E-state index contributed by atoms with van der Waals surface area (Å²) < 4.78 is 0. The van der Waals surface area contributed by atoms with Crippen LogP contribution in [0.4, 0.5) is 0 Å². The molecule has 0 saturated heterocycles. The smallest absolute Gasteiger partial charge is 0.0570 e. The molecule has 1 fully saturated rings. The van der Waals surface area contributed by atoms with Crippen molar-refractivity contribution in [2.45, 2.75) is 38.8 Å². The molecule has 0 spiro atoms. The van der Waals surface area contributed by atoms with Gasteiger partial charge in [0, 0.05) is 19.3 Å². The van der Waals surface area contributed by atoms with Gasteiger partial charge in [0.2, 0.25) is 0 Å². The minimum absolute atomic E-state index is 0.814. The van der Waals surface area contributed by atoms with Crippen molar-refractivity contribution in [2.24, 2.45) is 0 Å². The summed E-state index contributed by atoms with van der Waals surface area (Å²) in [6.07, 6.45) is 4.58. The SMILES string of the molecule is Cc1cccnc1CNCc1ccccc1C1CC1. The predicted molar refractivity (Wildman–Crippen MR) is 77.9 cm³/mol. The van der Waals surface area contributed by atoms with E-state index in [4.69, 9.17) is 0 Å². The lowest BCUT2D eigenvalue weighted by Crippen LogP contribution is -2.15. The van der Waals surface area contributed by atoms with Crippen LogP contribution in [0, 0.1) is 6.92 Å². The molecule has 0 aliphatic heterocycles. The molecule has 98 valence electrons. The number of pyridine rings is 1. The Labute approximate surface area is 114 Å². The predicted octanol–water partition coefficient (Wildman–Crippen LogP) is 3.56. The molecule has 1 aliphatic rings. The Morgan fingerprint density at radius 2 is 1.95 bits per heavy atom. The molecule has 1 aliphatic carbocycles. The monoisotopic (exact) mass is 252 g/mol. The summed E-state index contributed by atoms with van der Waals surface area (Å²) in [4.78, 5) is 4.42. The number of rotatable bonds is 5. The van der Waals surface area contributed by atoms with Crippen LogP contribution in [-0.4, -0.2) is 4.98 Å². The Morgan fingerprint density at radius 1 is 1.11 bits per heavy atom. The molecule has 1 aromatic heterocycles. The minimum Gasteiger partial charge on any atom is -0.307 e. The minimum atomic E-state index is 0.814. The highest BCUT2D eigenvalue weighted by Crippen LogP contribution is 2.41. The quantitative estimate of drug-likeness (QED) is 0.880. The van der Waals surface area contributed by atoms with Crippen LogP contribution >= 0.6 is 0 Å². The fraction of sp³-hybridized carbons (Fsp3) is 0.353. The van der Waals surface area contributed by atoms with E-state index in [0.29, 0.717) is 0 Å². The van der Waals surface area contributed by atoms with Gasteiger partial charge in [-0.2, -0.15) is 0 Å². The van der Waals surface area contributed by atoms with Crippen molar-refractivity contribution in [1.82, 2.24) is 10.3 Å². The third kappa shape index (κ3) is 3.02. The van der Waals surface area contributed by atoms with E-state index in [9.17, 15) is 0 Å². The van der Waals surface area contributed by atoms with Crippen LogP contribution in [0.15, 0.2) is 42.6 Å². The summed E-state index contributed by atoms with van der Waals surface area (Å²) >= 11 is 0. The first-order chi connectivity index (χ1) is 9.34. The fourth-order valence-electron chi connectivity index (χ4n) is 2.51. The van der Waals surface area contributed by atoms with E-state index in [1.807, 2.05) is 12.3 Å². The Hall–Kier alpha value is -1.67. The van der Waals surface area contributed by atoms with E-state index in [-0.39, 0.29) is 0 Å². The third-order valence-electron chi connectivity index (χ3n) is 3.80. The number of benzene rings is 1. The molecular weight excluding hydrogens is 232 g/mol. The Morgan fingerprint density at radius 3 is 2.74 bits per heavy atom. The average molecular weight is 252 g/mol. The van der Waals surface area contributed by atoms with Gasteiger partial charge >= 0.3 is 0 Å². The maximum atomic E-state index is 4.42. The molecule has 2 nitrogen and oxygen atoms in total. The van der Waals surface area contributed by atoms with E-state index >= 15 is 0 Å². The molecule has 2 heteroatoms. The number of nitrogens with one attached hydrogen (secondary N) is 1. The lowest BCUT2D eigenvalue weighted by atomic mass is 10.0. The zero-order valence-corrected chi connectivity index (χ0v) is 11.4. The van der Waals surface area contributed by atoms with Crippen molar-refractivity contribution in [3.63, 3.8) is 0 Å². The average Bonchev–Trinajstić information content (AvgIpc) is 3.26. The molecule has 1 heterocycles. The van der Waals surface area contributed by atoms with Crippen molar-refractivity contribution in [3.8, 4) is 0 Å². The Kier molecular flexibility index (Phi) is 3.60. The van der Waals surface area contributed by atoms with E-state index in [1.54, 1.807) is 0 Å². The van der Waals surface area contributed by atoms with Crippen molar-refractivity contribution < 1.29 is 0 Å². The molecule has 1 saturated carbocycles. The van der Waals surface area contributed by atoms with Crippen LogP contribution < -0.4 is 5.32 Å². The van der Waals surface area contributed by atoms with Crippen LogP contribution in [0.5, 0.6) is 0 Å². The molecule has 1 N–H and O–H groups in total. The largest absolute Gasteiger partial charge is 0.307 e. The van der Waals surface area contributed by atoms with Crippen LogP contribution in [0.1, 0.15) is 41.1 Å². The van der Waals surface area contributed by atoms with E-state index < -0.39 is 0 Å². The normalized spacial score (nSPS) is 14.6. The maximum absolute atomic E-state index is 4.42. The first-order valence-corrected chi connectivity index (χ1v) is 7.03. The van der Waals surface area contributed by atoms with Gasteiger partial charge < -0.3 is 5.32 Å². The van der Waals surface area contributed by atoms with Crippen LogP contribution in [0.25, 0.3) is 0 Å². The summed E-state index contributed by atoms with van der Waals surface area (Å²) in [6.45, 7) is 3.89. The Bertz CT molecular complexity index is 559. The second-order valence-electron chi connectivity index (χ2n) is 5.34. The summed E-state index contributed by atoms with van der Waals surface area (Å²) in [7, 11) is 0. The van der Waals surface area contributed by atoms with Crippen molar-refractivity contribution >= 4 is 0 Å². The number of aryl methyl sites for hydroxylation is 1. The van der Waals surface area contributed by atoms with Gasteiger partial charge in [0.25, 0.3) is 0 Å². The molecule has 19 heavy (non-hydrogen) atoms. The van der Waals surface area contributed by atoms with Gasteiger partial charge in [-0.3, -0.25) is 4.98 Å². The number of aromatic nitrogens is 1. The molecule has 3 rings (SSSR count). The first kappa shape index (κ1) is 12.4. The molecule has 0 unspecified atom stereocenters. The van der Waals surface area contributed by atoms with Gasteiger partial charge in [-0.1, -0.05) is 30.3 Å². The molecule has 0 atom stereocenters. The zero-order chi connectivity index (χ0) is 13.1. The highest BCUT2D eigenvalue weighted by Gasteiger charge is 2.25. The molecule has 0 amide bonds.